The number of nitrogens with zero attached hydrogens (tertiary/aromatic N) is 6. The van der Waals surface area contributed by atoms with E-state index in [-0.39, 0.29) is 36.5 Å². The zero-order chi connectivity index (χ0) is 50.9. The third kappa shape index (κ3) is 14.9. The highest BCUT2D eigenvalue weighted by Crippen LogP contribution is 2.23. The van der Waals surface area contributed by atoms with Gasteiger partial charge in [0, 0.05) is 87.9 Å². The van der Waals surface area contributed by atoms with Gasteiger partial charge in [0.05, 0.1) is 26.2 Å². The van der Waals surface area contributed by atoms with Gasteiger partial charge in [0.15, 0.2) is 11.6 Å². The van der Waals surface area contributed by atoms with Crippen LogP contribution in [0.4, 0.5) is 34.1 Å². The Hall–Kier alpha value is -7.66. The van der Waals surface area contributed by atoms with Crippen LogP contribution >= 0.6 is 0 Å². The van der Waals surface area contributed by atoms with Gasteiger partial charge in [0.1, 0.15) is 0 Å². The summed E-state index contributed by atoms with van der Waals surface area (Å²) >= 11 is 0. The average Bonchev–Trinajstić information content (AvgIpc) is 3.42. The molecular formula is C56H59F3N8O5. The lowest BCUT2D eigenvalue weighted by Crippen LogP contribution is -2.52. The number of carbonyl (C=O) groups excluding carboxylic acids is 5. The van der Waals surface area contributed by atoms with Crippen LogP contribution in [0.5, 0.6) is 0 Å². The highest BCUT2D eigenvalue weighted by Gasteiger charge is 2.38. The number of nitrogens with one attached hydrogen (secondary N) is 1. The maximum atomic E-state index is 13.6. The van der Waals surface area contributed by atoms with Crippen LogP contribution in [-0.2, 0) is 31.0 Å². The van der Waals surface area contributed by atoms with Gasteiger partial charge in [-0.3, -0.25) is 34.0 Å². The number of alkyl halides is 3. The lowest BCUT2D eigenvalue weighted by Gasteiger charge is -2.37. The van der Waals surface area contributed by atoms with Gasteiger partial charge in [-0.15, -0.1) is 0 Å². The molecule has 72 heavy (non-hydrogen) atoms. The van der Waals surface area contributed by atoms with E-state index in [1.807, 2.05) is 112 Å². The number of halogens is 3. The predicted molar refractivity (Wildman–Crippen MR) is 272 cm³/mol. The maximum Gasteiger partial charge on any atom is 0.471 e. The first-order valence-electron chi connectivity index (χ1n) is 23.9. The zero-order valence-electron chi connectivity index (χ0n) is 40.0. The smallest absolute Gasteiger partial charge is 0.341 e. The summed E-state index contributed by atoms with van der Waals surface area (Å²) < 4.78 is 37.1. The van der Waals surface area contributed by atoms with Crippen LogP contribution in [0.15, 0.2) is 170 Å². The Kier molecular flexibility index (Phi) is 18.4. The van der Waals surface area contributed by atoms with Crippen molar-refractivity contribution in [2.24, 2.45) is 5.73 Å². The Bertz CT molecular complexity index is 2680. The van der Waals surface area contributed by atoms with Gasteiger partial charge in [-0.05, 0) is 46.5 Å². The number of para-hydroxylation sites is 2. The molecule has 2 heterocycles. The monoisotopic (exact) mass is 980 g/mol. The molecule has 0 spiro atoms. The number of nitrogens with two attached hydrogens (primary N) is 1. The van der Waals surface area contributed by atoms with Crippen molar-refractivity contribution >= 4 is 40.9 Å². The van der Waals surface area contributed by atoms with E-state index in [1.54, 1.807) is 34.5 Å². The highest BCUT2D eigenvalue weighted by molar-refractivity contribution is 6.00. The van der Waals surface area contributed by atoms with Gasteiger partial charge in [-0.2, -0.15) is 13.2 Å². The molecule has 0 unspecified atom stereocenters. The second-order valence-electron chi connectivity index (χ2n) is 17.5. The first kappa shape index (κ1) is 52.2. The molecule has 0 saturated carbocycles. The molecule has 6 aromatic rings. The molecule has 5 amide bonds. The molecule has 8 rings (SSSR count). The number of ketones is 2. The van der Waals surface area contributed by atoms with Crippen molar-refractivity contribution in [2.75, 3.05) is 75.2 Å². The Labute approximate surface area is 418 Å². The minimum atomic E-state index is -5.05. The van der Waals surface area contributed by atoms with Gasteiger partial charge >= 0.3 is 24.1 Å². The summed E-state index contributed by atoms with van der Waals surface area (Å²) in [5.41, 5.74) is 12.0. The van der Waals surface area contributed by atoms with Gasteiger partial charge in [0.25, 0.3) is 0 Å². The van der Waals surface area contributed by atoms with E-state index in [4.69, 9.17) is 5.73 Å². The van der Waals surface area contributed by atoms with Gasteiger partial charge in [0.2, 0.25) is 0 Å². The van der Waals surface area contributed by atoms with E-state index >= 15 is 0 Å². The number of hydrogen-bond acceptors (Lipinski definition) is 8. The van der Waals surface area contributed by atoms with E-state index < -0.39 is 24.4 Å². The van der Waals surface area contributed by atoms with Crippen molar-refractivity contribution in [3.05, 3.63) is 203 Å². The number of hydrogen-bond donors (Lipinski definition) is 2. The Morgan fingerprint density at radius 3 is 1.15 bits per heavy atom. The van der Waals surface area contributed by atoms with Crippen LogP contribution in [0.25, 0.3) is 0 Å². The molecule has 2 saturated heterocycles. The molecule has 0 aliphatic carbocycles. The number of benzene rings is 6. The molecule has 3 N–H and O–H groups in total. The third-order valence-electron chi connectivity index (χ3n) is 12.5. The lowest BCUT2D eigenvalue weighted by atomic mass is 10.1. The molecule has 374 valence electrons. The average molecular weight is 981 g/mol. The first-order chi connectivity index (χ1) is 34.8. The van der Waals surface area contributed by atoms with Gasteiger partial charge in [-0.1, -0.05) is 146 Å². The number of amides is 5. The molecule has 13 nitrogen and oxygen atoms in total. The predicted octanol–water partition coefficient (Wildman–Crippen LogP) is 8.26. The summed E-state index contributed by atoms with van der Waals surface area (Å²) in [6.45, 7) is 7.41. The Morgan fingerprint density at radius 2 is 0.806 bits per heavy atom. The fraction of sp³-hybridized carbons (Fsp3) is 0.268. The molecule has 0 aromatic heterocycles. The number of Topliss-reactive ketones (excluding diaryl/α,β-unsaturated/α-hetero) is 2. The topological polar surface area (TPSA) is 143 Å². The van der Waals surface area contributed by atoms with Crippen LogP contribution in [-0.4, -0.2) is 121 Å². The largest absolute Gasteiger partial charge is 0.471 e. The van der Waals surface area contributed by atoms with E-state index in [0.29, 0.717) is 38.3 Å². The number of anilines is 2. The lowest BCUT2D eigenvalue weighted by molar-refractivity contribution is -0.173. The molecule has 16 heteroatoms. The second kappa shape index (κ2) is 25.5. The number of urea groups is 2. The summed E-state index contributed by atoms with van der Waals surface area (Å²) in [6, 6.07) is 53.1. The third-order valence-corrected chi connectivity index (χ3v) is 12.5. The van der Waals surface area contributed by atoms with Crippen LogP contribution in [0.1, 0.15) is 43.0 Å². The van der Waals surface area contributed by atoms with Crippen molar-refractivity contribution in [1.29, 1.82) is 0 Å². The minimum Gasteiger partial charge on any atom is -0.341 e. The molecule has 2 aliphatic rings. The maximum absolute atomic E-state index is 13.6. The number of carbonyl (C=O) groups is 5. The van der Waals surface area contributed by atoms with Gasteiger partial charge < -0.3 is 20.9 Å². The van der Waals surface area contributed by atoms with E-state index in [9.17, 15) is 37.1 Å². The van der Waals surface area contributed by atoms with Gasteiger partial charge in [-0.25, -0.2) is 9.59 Å². The van der Waals surface area contributed by atoms with Crippen molar-refractivity contribution in [2.45, 2.75) is 32.4 Å². The molecule has 0 bridgehead atoms. The van der Waals surface area contributed by atoms with Crippen LogP contribution in [0, 0.1) is 0 Å². The highest BCUT2D eigenvalue weighted by atomic mass is 19.4. The Morgan fingerprint density at radius 1 is 0.458 bits per heavy atom. The molecule has 2 aliphatic heterocycles. The summed E-state index contributed by atoms with van der Waals surface area (Å²) in [7, 11) is 0. The second-order valence-corrected chi connectivity index (χ2v) is 17.5. The molecule has 2 fully saturated rings. The fourth-order valence-corrected chi connectivity index (χ4v) is 8.41. The fourth-order valence-electron chi connectivity index (χ4n) is 8.41. The van der Waals surface area contributed by atoms with E-state index in [2.05, 4.69) is 46.2 Å². The van der Waals surface area contributed by atoms with Crippen molar-refractivity contribution in [3.8, 4) is 0 Å². The summed E-state index contributed by atoms with van der Waals surface area (Å²) in [4.78, 5) is 74.2. The van der Waals surface area contributed by atoms with Crippen molar-refractivity contribution in [3.63, 3.8) is 0 Å². The normalized spacial score (nSPS) is 14.1. The minimum absolute atomic E-state index is 0.00247. The standard InChI is InChI=1S/C29H29F3N4O3.C27H30N4O2/c30-29(31,32)27(38)33-19-26(37)24-13-11-23(12-14-24)21-36(25-9-5-2-6-10-25)28(39)35-17-15-34(16-18-35)20-22-7-3-1-4-8-22;28-19-26(32)24-13-11-23(12-14-24)21-31(25-9-5-2-6-10-25)27(33)30-17-15-29(16-18-30)20-22-7-3-1-4-8-22/h1-14H,15-21H2,(H,33,38);1-14H,15-21,28H2. The number of rotatable bonds is 15. The molecule has 0 atom stereocenters. The molecule has 0 radical (unpaired) electrons. The summed E-state index contributed by atoms with van der Waals surface area (Å²) in [5.74, 6) is -2.90. The first-order valence-corrected chi connectivity index (χ1v) is 23.9. The Balaban J connectivity index is 0.000000214. The van der Waals surface area contributed by atoms with Crippen LogP contribution < -0.4 is 20.9 Å². The van der Waals surface area contributed by atoms with Crippen LogP contribution in [0.2, 0.25) is 0 Å². The molecule has 6 aromatic carbocycles. The summed E-state index contributed by atoms with van der Waals surface area (Å²) in [5, 5.41) is 1.58. The number of piperazine rings is 2. The zero-order valence-corrected chi connectivity index (χ0v) is 40.0. The summed E-state index contributed by atoms with van der Waals surface area (Å²) in [6.07, 6.45) is -5.05. The van der Waals surface area contributed by atoms with Crippen LogP contribution in [0.3, 0.4) is 0 Å². The van der Waals surface area contributed by atoms with Crippen molar-refractivity contribution in [1.82, 2.24) is 24.9 Å². The van der Waals surface area contributed by atoms with Crippen molar-refractivity contribution < 1.29 is 37.1 Å². The van der Waals surface area contributed by atoms with E-state index in [1.165, 1.54) is 23.3 Å². The quantitative estimate of drug-likeness (QED) is 0.0981. The molecular weight excluding hydrogens is 922 g/mol. The van der Waals surface area contributed by atoms with E-state index in [0.717, 1.165) is 61.8 Å². The SMILES string of the molecule is NCC(=O)c1ccc(CN(C(=O)N2CCN(Cc3ccccc3)CC2)c2ccccc2)cc1.O=C(CNC(=O)C(F)(F)F)c1ccc(CN(C(=O)N2CCN(Cc3ccccc3)CC2)c2ccccc2)cc1.